The molecule has 3 nitrogen and oxygen atoms in total. The molecule has 0 spiro atoms. The number of hydrogen-bond acceptors (Lipinski definition) is 2. The first-order chi connectivity index (χ1) is 8.15. The van der Waals surface area contributed by atoms with Crippen molar-refractivity contribution in [2.75, 3.05) is 0 Å². The summed E-state index contributed by atoms with van der Waals surface area (Å²) in [7, 11) is 0. The predicted molar refractivity (Wildman–Crippen MR) is 67.4 cm³/mol. The molecular formula is C13H10ClNO2. The van der Waals surface area contributed by atoms with Crippen molar-refractivity contribution in [3.63, 3.8) is 0 Å². The van der Waals surface area contributed by atoms with Gasteiger partial charge < -0.3 is 0 Å². The van der Waals surface area contributed by atoms with Crippen molar-refractivity contribution in [1.29, 1.82) is 0 Å². The van der Waals surface area contributed by atoms with Gasteiger partial charge in [0.2, 0.25) is 0 Å². The van der Waals surface area contributed by atoms with E-state index in [-0.39, 0.29) is 5.69 Å². The van der Waals surface area contributed by atoms with Crippen molar-refractivity contribution in [3.05, 3.63) is 74.8 Å². The highest BCUT2D eigenvalue weighted by Gasteiger charge is 2.04. The number of nitro groups is 1. The first kappa shape index (κ1) is 11.6. The van der Waals surface area contributed by atoms with Crippen LogP contribution in [0.3, 0.4) is 0 Å². The number of nitro benzene ring substituents is 1. The molecule has 2 aromatic rings. The fraction of sp³-hybridized carbons (Fsp3) is 0.0769. The summed E-state index contributed by atoms with van der Waals surface area (Å²) in [5.74, 6) is 0. The summed E-state index contributed by atoms with van der Waals surface area (Å²) in [6, 6.07) is 14.1. The van der Waals surface area contributed by atoms with Crippen LogP contribution in [0.4, 0.5) is 5.69 Å². The normalized spacial score (nSPS) is 10.2. The third-order valence-electron chi connectivity index (χ3n) is 2.44. The topological polar surface area (TPSA) is 43.1 Å². The molecule has 2 aromatic carbocycles. The van der Waals surface area contributed by atoms with E-state index < -0.39 is 4.92 Å². The lowest BCUT2D eigenvalue weighted by Gasteiger charge is -2.02. The molecule has 0 aliphatic rings. The molecule has 0 saturated heterocycles. The van der Waals surface area contributed by atoms with Crippen LogP contribution in [0, 0.1) is 10.1 Å². The zero-order chi connectivity index (χ0) is 12.3. The minimum absolute atomic E-state index is 0.111. The maximum absolute atomic E-state index is 10.5. The Morgan fingerprint density at radius 3 is 2.35 bits per heavy atom. The van der Waals surface area contributed by atoms with Crippen molar-refractivity contribution >= 4 is 17.3 Å². The lowest BCUT2D eigenvalue weighted by Crippen LogP contribution is -1.90. The van der Waals surface area contributed by atoms with Gasteiger partial charge in [-0.25, -0.2) is 0 Å². The van der Waals surface area contributed by atoms with Crippen molar-refractivity contribution in [2.24, 2.45) is 0 Å². The van der Waals surface area contributed by atoms with E-state index in [1.54, 1.807) is 12.1 Å². The monoisotopic (exact) mass is 247 g/mol. The number of non-ortho nitro benzene ring substituents is 1. The molecule has 2 rings (SSSR count). The largest absolute Gasteiger partial charge is 0.269 e. The highest BCUT2D eigenvalue weighted by molar-refractivity contribution is 6.30. The first-order valence-electron chi connectivity index (χ1n) is 5.13. The Bertz CT molecular complexity index is 537. The van der Waals surface area contributed by atoms with Crippen molar-refractivity contribution in [2.45, 2.75) is 6.42 Å². The van der Waals surface area contributed by atoms with Crippen LogP contribution in [-0.4, -0.2) is 4.92 Å². The number of halogens is 1. The van der Waals surface area contributed by atoms with Crippen molar-refractivity contribution in [3.8, 4) is 0 Å². The number of nitrogens with zero attached hydrogens (tertiary/aromatic N) is 1. The van der Waals surface area contributed by atoms with Gasteiger partial charge in [0, 0.05) is 17.2 Å². The molecule has 0 amide bonds. The lowest BCUT2D eigenvalue weighted by molar-refractivity contribution is -0.384. The van der Waals surface area contributed by atoms with Gasteiger partial charge in [0.1, 0.15) is 0 Å². The van der Waals surface area contributed by atoms with Gasteiger partial charge in [-0.3, -0.25) is 10.1 Å². The van der Waals surface area contributed by atoms with Gasteiger partial charge in [-0.15, -0.1) is 0 Å². The van der Waals surface area contributed by atoms with Gasteiger partial charge in [-0.05, 0) is 29.7 Å². The molecule has 0 bridgehead atoms. The molecule has 0 unspecified atom stereocenters. The van der Waals surface area contributed by atoms with E-state index in [4.69, 9.17) is 11.6 Å². The van der Waals surface area contributed by atoms with E-state index in [0.29, 0.717) is 5.02 Å². The molecular weight excluding hydrogens is 238 g/mol. The van der Waals surface area contributed by atoms with Crippen LogP contribution in [0.25, 0.3) is 0 Å². The minimum Gasteiger partial charge on any atom is -0.258 e. The molecule has 0 saturated carbocycles. The highest BCUT2D eigenvalue weighted by Crippen LogP contribution is 2.17. The lowest BCUT2D eigenvalue weighted by atomic mass is 10.1. The Morgan fingerprint density at radius 2 is 1.76 bits per heavy atom. The van der Waals surface area contributed by atoms with Gasteiger partial charge in [-0.1, -0.05) is 35.9 Å². The molecule has 4 heteroatoms. The van der Waals surface area contributed by atoms with Gasteiger partial charge >= 0.3 is 0 Å². The molecule has 0 radical (unpaired) electrons. The molecule has 0 fully saturated rings. The van der Waals surface area contributed by atoms with Crippen LogP contribution in [0.1, 0.15) is 11.1 Å². The summed E-state index contributed by atoms with van der Waals surface area (Å²) in [5.41, 5.74) is 2.23. The fourth-order valence-electron chi connectivity index (χ4n) is 1.62. The van der Waals surface area contributed by atoms with E-state index in [9.17, 15) is 10.1 Å². The second-order valence-electron chi connectivity index (χ2n) is 3.73. The van der Waals surface area contributed by atoms with E-state index >= 15 is 0 Å². The molecule has 0 aliphatic heterocycles. The summed E-state index contributed by atoms with van der Waals surface area (Å²) in [6.45, 7) is 0. The molecule has 0 heterocycles. The van der Waals surface area contributed by atoms with Crippen LogP contribution in [0.15, 0.2) is 48.5 Å². The summed E-state index contributed by atoms with van der Waals surface area (Å²) >= 11 is 5.89. The average molecular weight is 248 g/mol. The van der Waals surface area contributed by atoms with Crippen LogP contribution in [-0.2, 0) is 6.42 Å². The molecule has 0 aromatic heterocycles. The molecule has 0 N–H and O–H groups in total. The minimum atomic E-state index is -0.400. The van der Waals surface area contributed by atoms with Crippen molar-refractivity contribution in [1.82, 2.24) is 0 Å². The standard InChI is InChI=1S/C13H10ClNO2/c14-12-3-1-2-11(9-12)8-10-4-6-13(7-5-10)15(16)17/h1-7,9H,8H2. The Hall–Kier alpha value is -1.87. The summed E-state index contributed by atoms with van der Waals surface area (Å²) < 4.78 is 0. The summed E-state index contributed by atoms with van der Waals surface area (Å²) in [4.78, 5) is 10.1. The van der Waals surface area contributed by atoms with E-state index in [1.807, 2.05) is 24.3 Å². The maximum atomic E-state index is 10.5. The third-order valence-corrected chi connectivity index (χ3v) is 2.68. The first-order valence-corrected chi connectivity index (χ1v) is 5.51. The highest BCUT2D eigenvalue weighted by atomic mass is 35.5. The zero-order valence-corrected chi connectivity index (χ0v) is 9.72. The molecule has 0 aliphatic carbocycles. The quantitative estimate of drug-likeness (QED) is 0.611. The average Bonchev–Trinajstić information content (AvgIpc) is 2.29. The van der Waals surface area contributed by atoms with Crippen LogP contribution in [0.5, 0.6) is 0 Å². The Balaban J connectivity index is 2.16. The fourth-order valence-corrected chi connectivity index (χ4v) is 1.83. The van der Waals surface area contributed by atoms with Gasteiger partial charge in [0.05, 0.1) is 4.92 Å². The smallest absolute Gasteiger partial charge is 0.258 e. The van der Waals surface area contributed by atoms with Gasteiger partial charge in [-0.2, -0.15) is 0 Å². The maximum Gasteiger partial charge on any atom is 0.269 e. The van der Waals surface area contributed by atoms with Crippen LogP contribution in [0.2, 0.25) is 5.02 Å². The molecule has 86 valence electrons. The number of hydrogen-bond donors (Lipinski definition) is 0. The van der Waals surface area contributed by atoms with Crippen LogP contribution >= 0.6 is 11.6 Å². The van der Waals surface area contributed by atoms with Gasteiger partial charge in [0.15, 0.2) is 0 Å². The van der Waals surface area contributed by atoms with Crippen LogP contribution < -0.4 is 0 Å². The van der Waals surface area contributed by atoms with E-state index in [2.05, 4.69) is 0 Å². The Kier molecular flexibility index (Phi) is 3.40. The molecule has 0 atom stereocenters. The van der Waals surface area contributed by atoms with Crippen molar-refractivity contribution < 1.29 is 4.92 Å². The van der Waals surface area contributed by atoms with E-state index in [0.717, 1.165) is 17.5 Å². The third kappa shape index (κ3) is 3.04. The second kappa shape index (κ2) is 4.97. The van der Waals surface area contributed by atoms with Gasteiger partial charge in [0.25, 0.3) is 5.69 Å². The number of benzene rings is 2. The summed E-state index contributed by atoms with van der Waals surface area (Å²) in [5, 5.41) is 11.2. The number of rotatable bonds is 3. The van der Waals surface area contributed by atoms with E-state index in [1.165, 1.54) is 12.1 Å². The molecule has 17 heavy (non-hydrogen) atoms. The summed E-state index contributed by atoms with van der Waals surface area (Å²) in [6.07, 6.45) is 0.721. The zero-order valence-electron chi connectivity index (χ0n) is 8.97. The Morgan fingerprint density at radius 1 is 1.06 bits per heavy atom. The SMILES string of the molecule is O=[N+]([O-])c1ccc(Cc2cccc(Cl)c2)cc1. The second-order valence-corrected chi connectivity index (χ2v) is 4.17. The predicted octanol–water partition coefficient (Wildman–Crippen LogP) is 3.84. The Labute approximate surface area is 104 Å².